The molecular weight excluding hydrogens is 457 g/mol. The Morgan fingerprint density at radius 3 is 2.51 bits per heavy atom. The fourth-order valence-electron chi connectivity index (χ4n) is 6.84. The molecule has 2 aliphatic carbocycles. The highest BCUT2D eigenvalue weighted by atomic mass is 19.4. The highest BCUT2D eigenvalue weighted by Crippen LogP contribution is 2.63. The molecule has 35 heavy (non-hydrogen) atoms. The summed E-state index contributed by atoms with van der Waals surface area (Å²) in [7, 11) is 0. The first kappa shape index (κ1) is 24.3. The van der Waals surface area contributed by atoms with Crippen LogP contribution in [0, 0.1) is 22.7 Å². The average molecular weight is 489 g/mol. The van der Waals surface area contributed by atoms with Gasteiger partial charge in [-0.1, -0.05) is 50.3 Å². The molecule has 5 rings (SSSR count). The number of cyclic esters (lactones) is 1. The molecule has 4 nitrogen and oxygen atoms in total. The predicted molar refractivity (Wildman–Crippen MR) is 124 cm³/mol. The van der Waals surface area contributed by atoms with Gasteiger partial charge in [0.1, 0.15) is 6.61 Å². The fraction of sp³-hybridized carbons (Fsp3) is 0.536. The number of alkyl halides is 3. The molecule has 188 valence electrons. The minimum Gasteiger partial charge on any atom is -0.458 e. The predicted octanol–water partition coefficient (Wildman–Crippen LogP) is 6.55. The summed E-state index contributed by atoms with van der Waals surface area (Å²) in [6.45, 7) is 9.69. The lowest BCUT2D eigenvalue weighted by atomic mass is 9.46. The fourth-order valence-corrected chi connectivity index (χ4v) is 6.84. The second-order valence-corrected chi connectivity index (χ2v) is 10.8. The van der Waals surface area contributed by atoms with Gasteiger partial charge in [-0.15, -0.1) is 0 Å². The quantitative estimate of drug-likeness (QED) is 0.358. The van der Waals surface area contributed by atoms with Crippen molar-refractivity contribution >= 4 is 5.97 Å². The zero-order chi connectivity index (χ0) is 25.0. The molecule has 1 saturated heterocycles. The first-order valence-electron chi connectivity index (χ1n) is 12.2. The van der Waals surface area contributed by atoms with Gasteiger partial charge in [0.2, 0.25) is 0 Å². The van der Waals surface area contributed by atoms with Gasteiger partial charge in [-0.3, -0.25) is 0 Å². The maximum absolute atomic E-state index is 12.9. The molecule has 0 unspecified atom stereocenters. The van der Waals surface area contributed by atoms with E-state index in [1.165, 1.54) is 17.7 Å². The Hall–Kier alpha value is -2.38. The van der Waals surface area contributed by atoms with Gasteiger partial charge in [0.25, 0.3) is 0 Å². The first-order chi connectivity index (χ1) is 16.5. The Bertz CT molecular complexity index is 1070. The topological polar surface area (TPSA) is 44.8 Å². The van der Waals surface area contributed by atoms with Crippen LogP contribution in [0.3, 0.4) is 0 Å². The second-order valence-electron chi connectivity index (χ2n) is 10.8. The van der Waals surface area contributed by atoms with Crippen LogP contribution in [-0.4, -0.2) is 25.3 Å². The Morgan fingerprint density at radius 2 is 1.86 bits per heavy atom. The highest BCUT2D eigenvalue weighted by molar-refractivity contribution is 5.93. The number of carbonyl (C=O) groups excluding carboxylic acids is 1. The van der Waals surface area contributed by atoms with Crippen molar-refractivity contribution in [3.05, 3.63) is 71.3 Å². The standard InChI is InChI=1S/C28H31F3O4/c1-17-4-11-22-26(2,21(17)10-7-18-13-15-33-24(18)32)14-12-23-27(22,3)16-34-25(35-23)19-5-8-20(9-6-19)28(29,30)31/h5-10,13,21-23,25H,1,4,11-12,14-16H2,2-3H3/b10-7+/t21-,22+,23-,25-,26+,27+/m1/s1. The smallest absolute Gasteiger partial charge is 0.416 e. The van der Waals surface area contributed by atoms with E-state index in [0.29, 0.717) is 30.3 Å². The largest absolute Gasteiger partial charge is 0.458 e. The van der Waals surface area contributed by atoms with Crippen LogP contribution in [-0.2, 0) is 25.2 Å². The summed E-state index contributed by atoms with van der Waals surface area (Å²) >= 11 is 0. The summed E-state index contributed by atoms with van der Waals surface area (Å²) in [6.07, 6.45) is 4.32. The molecule has 0 bridgehead atoms. The summed E-state index contributed by atoms with van der Waals surface area (Å²) < 4.78 is 56.4. The van der Waals surface area contributed by atoms with Gasteiger partial charge in [0.05, 0.1) is 23.8 Å². The van der Waals surface area contributed by atoms with Gasteiger partial charge < -0.3 is 14.2 Å². The maximum atomic E-state index is 12.9. The van der Waals surface area contributed by atoms with Crippen molar-refractivity contribution in [1.29, 1.82) is 0 Å². The third kappa shape index (κ3) is 4.16. The molecule has 0 radical (unpaired) electrons. The van der Waals surface area contributed by atoms with Gasteiger partial charge >= 0.3 is 12.1 Å². The zero-order valence-electron chi connectivity index (χ0n) is 20.1. The van der Waals surface area contributed by atoms with Crippen LogP contribution in [0.4, 0.5) is 13.2 Å². The minimum atomic E-state index is -4.37. The van der Waals surface area contributed by atoms with Crippen molar-refractivity contribution in [3.8, 4) is 0 Å². The van der Waals surface area contributed by atoms with E-state index in [1.54, 1.807) is 6.08 Å². The van der Waals surface area contributed by atoms with Crippen LogP contribution in [0.1, 0.15) is 56.9 Å². The Balaban J connectivity index is 1.35. The molecule has 2 saturated carbocycles. The van der Waals surface area contributed by atoms with Crippen LogP contribution >= 0.6 is 0 Å². The summed E-state index contributed by atoms with van der Waals surface area (Å²) in [6, 6.07) is 5.04. The van der Waals surface area contributed by atoms with Crippen LogP contribution in [0.15, 0.2) is 60.2 Å². The molecule has 0 N–H and O–H groups in total. The number of allylic oxidation sites excluding steroid dienone is 2. The van der Waals surface area contributed by atoms with Crippen molar-refractivity contribution in [2.45, 2.75) is 58.1 Å². The number of ether oxygens (including phenoxy) is 3. The van der Waals surface area contributed by atoms with Crippen molar-refractivity contribution in [1.82, 2.24) is 0 Å². The Morgan fingerprint density at radius 1 is 1.11 bits per heavy atom. The van der Waals surface area contributed by atoms with Gasteiger partial charge in [-0.2, -0.15) is 13.2 Å². The molecule has 7 heteroatoms. The van der Waals surface area contributed by atoms with E-state index >= 15 is 0 Å². The van der Waals surface area contributed by atoms with E-state index in [2.05, 4.69) is 26.5 Å². The van der Waals surface area contributed by atoms with E-state index in [-0.39, 0.29) is 28.8 Å². The Kier molecular flexibility index (Phi) is 5.99. The summed E-state index contributed by atoms with van der Waals surface area (Å²) in [5.74, 6) is 0.149. The zero-order valence-corrected chi connectivity index (χ0v) is 20.1. The molecule has 0 aromatic heterocycles. The lowest BCUT2D eigenvalue weighted by Gasteiger charge is -2.62. The third-order valence-corrected chi connectivity index (χ3v) is 8.74. The minimum absolute atomic E-state index is 0.0508. The number of halogens is 3. The molecular formula is C28H31F3O4. The number of fused-ring (bicyclic) bond motifs is 3. The lowest BCUT2D eigenvalue weighted by molar-refractivity contribution is -0.306. The molecule has 1 aromatic rings. The molecule has 2 heterocycles. The van der Waals surface area contributed by atoms with Crippen molar-refractivity contribution in [2.24, 2.45) is 22.7 Å². The average Bonchev–Trinajstić information content (AvgIpc) is 3.22. The summed E-state index contributed by atoms with van der Waals surface area (Å²) in [5, 5.41) is 0. The van der Waals surface area contributed by atoms with Crippen molar-refractivity contribution in [2.75, 3.05) is 13.2 Å². The summed E-state index contributed by atoms with van der Waals surface area (Å²) in [4.78, 5) is 11.9. The maximum Gasteiger partial charge on any atom is 0.416 e. The van der Waals surface area contributed by atoms with Crippen molar-refractivity contribution in [3.63, 3.8) is 0 Å². The van der Waals surface area contributed by atoms with E-state index in [9.17, 15) is 18.0 Å². The first-order valence-corrected chi connectivity index (χ1v) is 12.2. The van der Waals surface area contributed by atoms with E-state index in [4.69, 9.17) is 14.2 Å². The number of hydrogen-bond acceptors (Lipinski definition) is 4. The number of carbonyl (C=O) groups is 1. The number of benzene rings is 1. The molecule has 0 spiro atoms. The number of esters is 1. The van der Waals surface area contributed by atoms with Gasteiger partial charge in [0, 0.05) is 16.9 Å². The second kappa shape index (κ2) is 8.63. The molecule has 2 aliphatic heterocycles. The van der Waals surface area contributed by atoms with Crippen LogP contribution in [0.25, 0.3) is 0 Å². The normalized spacial score (nSPS) is 37.6. The lowest BCUT2D eigenvalue weighted by Crippen LogP contribution is -2.60. The molecule has 4 aliphatic rings. The van der Waals surface area contributed by atoms with E-state index in [1.807, 2.05) is 6.08 Å². The van der Waals surface area contributed by atoms with Gasteiger partial charge in [0.15, 0.2) is 6.29 Å². The van der Waals surface area contributed by atoms with Crippen LogP contribution < -0.4 is 0 Å². The van der Waals surface area contributed by atoms with Gasteiger partial charge in [-0.05, 0) is 55.2 Å². The van der Waals surface area contributed by atoms with E-state index in [0.717, 1.165) is 37.8 Å². The van der Waals surface area contributed by atoms with Gasteiger partial charge in [-0.25, -0.2) is 4.79 Å². The summed E-state index contributed by atoms with van der Waals surface area (Å²) in [5.41, 5.74) is 1.39. The van der Waals surface area contributed by atoms with E-state index < -0.39 is 18.0 Å². The highest BCUT2D eigenvalue weighted by Gasteiger charge is 2.60. The van der Waals surface area contributed by atoms with Crippen LogP contribution in [0.5, 0.6) is 0 Å². The Labute approximate surface area is 203 Å². The molecule has 1 aromatic carbocycles. The molecule has 0 amide bonds. The third-order valence-electron chi connectivity index (χ3n) is 8.74. The molecule has 3 fully saturated rings. The SMILES string of the molecule is C=C1CC[C@@H]2[C@]3(C)CO[C@@H](c4ccc(C(F)(F)F)cc4)O[C@@H]3CC[C@@]2(C)[C@@H]1/C=C/C1=CCOC1=O. The molecule has 6 atom stereocenters. The van der Waals surface area contributed by atoms with Crippen molar-refractivity contribution < 1.29 is 32.2 Å². The van der Waals surface area contributed by atoms with Crippen LogP contribution in [0.2, 0.25) is 0 Å². The monoisotopic (exact) mass is 488 g/mol. The number of rotatable bonds is 3. The number of hydrogen-bond donors (Lipinski definition) is 0.